The van der Waals surface area contributed by atoms with Gasteiger partial charge in [-0.1, -0.05) is 65.8 Å². The van der Waals surface area contributed by atoms with Crippen molar-refractivity contribution in [1.29, 1.82) is 0 Å². The van der Waals surface area contributed by atoms with Gasteiger partial charge in [-0.25, -0.2) is 0 Å². The summed E-state index contributed by atoms with van der Waals surface area (Å²) in [7, 11) is 0. The molecular formula is C24H26N4O4. The number of aryl methyl sites for hydroxylation is 1. The molecule has 0 bridgehead atoms. The lowest BCUT2D eigenvalue weighted by molar-refractivity contribution is -0.148. The number of carbonyl (C=O) groups is 2. The maximum atomic E-state index is 12.3. The maximum absolute atomic E-state index is 12.3. The minimum atomic E-state index is -0.222. The highest BCUT2D eigenvalue weighted by atomic mass is 16.5. The van der Waals surface area contributed by atoms with Gasteiger partial charge in [-0.3, -0.25) is 9.59 Å². The second-order valence-electron chi connectivity index (χ2n) is 7.69. The summed E-state index contributed by atoms with van der Waals surface area (Å²) in [5.41, 5.74) is 2.06. The Morgan fingerprint density at radius 1 is 1.06 bits per heavy atom. The van der Waals surface area contributed by atoms with Crippen LogP contribution in [-0.2, 0) is 27.2 Å². The largest absolute Gasteiger partial charge is 0.365 e. The summed E-state index contributed by atoms with van der Waals surface area (Å²) >= 11 is 0. The van der Waals surface area contributed by atoms with Gasteiger partial charge in [0.2, 0.25) is 23.5 Å². The van der Waals surface area contributed by atoms with E-state index in [1.54, 1.807) is 4.90 Å². The second kappa shape index (κ2) is 10.7. The third-order valence-corrected chi connectivity index (χ3v) is 5.33. The van der Waals surface area contributed by atoms with E-state index in [9.17, 15) is 9.59 Å². The Bertz CT molecular complexity index is 1020. The van der Waals surface area contributed by atoms with Crippen LogP contribution in [0.1, 0.15) is 17.9 Å². The number of morpholine rings is 1. The van der Waals surface area contributed by atoms with Crippen LogP contribution in [0.3, 0.4) is 0 Å². The number of nitrogens with zero attached hydrogens (tertiary/aromatic N) is 3. The van der Waals surface area contributed by atoms with Crippen LogP contribution >= 0.6 is 0 Å². The van der Waals surface area contributed by atoms with Crippen molar-refractivity contribution in [2.24, 2.45) is 0 Å². The summed E-state index contributed by atoms with van der Waals surface area (Å²) in [6.45, 7) is 1.50. The fourth-order valence-electron chi connectivity index (χ4n) is 3.53. The Hall–Kier alpha value is -3.52. The maximum Gasteiger partial charge on any atom is 0.248 e. The lowest BCUT2D eigenvalue weighted by Gasteiger charge is -2.33. The number of hydrogen-bond donors (Lipinski definition) is 1. The quantitative estimate of drug-likeness (QED) is 0.555. The van der Waals surface area contributed by atoms with Gasteiger partial charge in [-0.05, 0) is 12.0 Å². The average molecular weight is 434 g/mol. The van der Waals surface area contributed by atoms with Gasteiger partial charge in [0.15, 0.2) is 0 Å². The smallest absolute Gasteiger partial charge is 0.248 e. The third-order valence-electron chi connectivity index (χ3n) is 5.33. The molecule has 32 heavy (non-hydrogen) atoms. The third kappa shape index (κ3) is 6.01. The van der Waals surface area contributed by atoms with Gasteiger partial charge in [-0.2, -0.15) is 4.98 Å². The van der Waals surface area contributed by atoms with Crippen LogP contribution in [-0.4, -0.2) is 59.2 Å². The van der Waals surface area contributed by atoms with E-state index in [0.717, 1.165) is 12.0 Å². The van der Waals surface area contributed by atoms with Crippen LogP contribution in [0.2, 0.25) is 0 Å². The SMILES string of the molecule is O=C(CCc1nc(-c2ccccc2)no1)NCC1CN(CCc2ccccc2)C(=O)CO1. The highest BCUT2D eigenvalue weighted by Crippen LogP contribution is 2.15. The highest BCUT2D eigenvalue weighted by molar-refractivity contribution is 5.78. The number of benzene rings is 2. The molecule has 3 aromatic rings. The van der Waals surface area contributed by atoms with Crippen LogP contribution in [0.4, 0.5) is 0 Å². The normalized spacial score (nSPS) is 16.2. The van der Waals surface area contributed by atoms with Gasteiger partial charge in [0.25, 0.3) is 0 Å². The summed E-state index contributed by atoms with van der Waals surface area (Å²) in [5.74, 6) is 0.789. The summed E-state index contributed by atoms with van der Waals surface area (Å²) in [6.07, 6.45) is 1.17. The van der Waals surface area contributed by atoms with E-state index in [1.165, 1.54) is 5.56 Å². The first-order valence-corrected chi connectivity index (χ1v) is 10.8. The molecule has 2 heterocycles. The Balaban J connectivity index is 1.19. The molecule has 0 saturated carbocycles. The topological polar surface area (TPSA) is 97.6 Å². The zero-order chi connectivity index (χ0) is 22.2. The van der Waals surface area contributed by atoms with E-state index < -0.39 is 0 Å². The molecule has 8 heteroatoms. The van der Waals surface area contributed by atoms with Gasteiger partial charge < -0.3 is 19.5 Å². The molecule has 1 unspecified atom stereocenters. The predicted molar refractivity (Wildman–Crippen MR) is 118 cm³/mol. The number of nitrogens with one attached hydrogen (secondary N) is 1. The van der Waals surface area contributed by atoms with Crippen LogP contribution < -0.4 is 5.32 Å². The molecule has 0 spiro atoms. The molecule has 166 valence electrons. The van der Waals surface area contributed by atoms with Gasteiger partial charge in [0.05, 0.1) is 6.10 Å². The molecule has 1 aliphatic heterocycles. The Labute approximate surface area is 186 Å². The average Bonchev–Trinajstić information content (AvgIpc) is 3.32. The van der Waals surface area contributed by atoms with Crippen LogP contribution in [0, 0.1) is 0 Å². The molecule has 0 aliphatic carbocycles. The second-order valence-corrected chi connectivity index (χ2v) is 7.69. The van der Waals surface area contributed by atoms with E-state index >= 15 is 0 Å². The zero-order valence-electron chi connectivity index (χ0n) is 17.8. The lowest BCUT2D eigenvalue weighted by atomic mass is 10.1. The molecular weight excluding hydrogens is 408 g/mol. The summed E-state index contributed by atoms with van der Waals surface area (Å²) in [4.78, 5) is 30.6. The molecule has 1 aliphatic rings. The molecule has 0 radical (unpaired) electrons. The Morgan fingerprint density at radius 3 is 2.59 bits per heavy atom. The molecule has 1 saturated heterocycles. The first-order valence-electron chi connectivity index (χ1n) is 10.8. The molecule has 2 aromatic carbocycles. The molecule has 8 nitrogen and oxygen atoms in total. The molecule has 1 N–H and O–H groups in total. The number of hydrogen-bond acceptors (Lipinski definition) is 6. The van der Waals surface area contributed by atoms with Crippen LogP contribution in [0.25, 0.3) is 11.4 Å². The first-order chi connectivity index (χ1) is 15.7. The van der Waals surface area contributed by atoms with Crippen molar-refractivity contribution in [3.05, 3.63) is 72.1 Å². The molecule has 2 amide bonds. The molecule has 1 aromatic heterocycles. The highest BCUT2D eigenvalue weighted by Gasteiger charge is 2.26. The minimum Gasteiger partial charge on any atom is -0.365 e. The van der Waals surface area contributed by atoms with Crippen molar-refractivity contribution < 1.29 is 18.8 Å². The van der Waals surface area contributed by atoms with Crippen LogP contribution in [0.5, 0.6) is 0 Å². The number of amides is 2. The Kier molecular flexibility index (Phi) is 7.24. The summed E-state index contributed by atoms with van der Waals surface area (Å²) < 4.78 is 10.8. The van der Waals surface area contributed by atoms with Gasteiger partial charge >= 0.3 is 0 Å². The summed E-state index contributed by atoms with van der Waals surface area (Å²) in [6, 6.07) is 19.6. The summed E-state index contributed by atoms with van der Waals surface area (Å²) in [5, 5.41) is 6.84. The fraction of sp³-hybridized carbons (Fsp3) is 0.333. The first kappa shape index (κ1) is 21.7. The van der Waals surface area contributed by atoms with E-state index in [0.29, 0.717) is 37.8 Å². The van der Waals surface area contributed by atoms with Crippen molar-refractivity contribution in [2.45, 2.75) is 25.4 Å². The molecule has 1 fully saturated rings. The standard InChI is InChI=1S/C24H26N4O4/c29-21(11-12-22-26-24(27-32-22)19-9-5-2-6-10-19)25-15-20-16-28(23(30)17-31-20)14-13-18-7-3-1-4-8-18/h1-10,20H,11-17H2,(H,25,29). The van der Waals surface area contributed by atoms with Gasteiger partial charge in [0.1, 0.15) is 6.61 Å². The van der Waals surface area contributed by atoms with Crippen molar-refractivity contribution in [1.82, 2.24) is 20.4 Å². The van der Waals surface area contributed by atoms with Gasteiger partial charge in [0, 0.05) is 38.0 Å². The predicted octanol–water partition coefficient (Wildman–Crippen LogP) is 2.26. The number of rotatable bonds is 9. The van der Waals surface area contributed by atoms with E-state index in [4.69, 9.17) is 9.26 Å². The molecule has 4 rings (SSSR count). The lowest BCUT2D eigenvalue weighted by Crippen LogP contribution is -2.51. The number of aromatic nitrogens is 2. The van der Waals surface area contributed by atoms with E-state index in [2.05, 4.69) is 27.6 Å². The molecule has 1 atom stereocenters. The van der Waals surface area contributed by atoms with Crippen LogP contribution in [0.15, 0.2) is 65.2 Å². The van der Waals surface area contributed by atoms with Crippen molar-refractivity contribution in [3.8, 4) is 11.4 Å². The Morgan fingerprint density at radius 2 is 1.81 bits per heavy atom. The van der Waals surface area contributed by atoms with Gasteiger partial charge in [-0.15, -0.1) is 0 Å². The fourth-order valence-corrected chi connectivity index (χ4v) is 3.53. The number of carbonyl (C=O) groups excluding carboxylic acids is 2. The van der Waals surface area contributed by atoms with Crippen molar-refractivity contribution >= 4 is 11.8 Å². The zero-order valence-corrected chi connectivity index (χ0v) is 17.8. The van der Waals surface area contributed by atoms with Crippen molar-refractivity contribution in [2.75, 3.05) is 26.2 Å². The van der Waals surface area contributed by atoms with Crippen molar-refractivity contribution in [3.63, 3.8) is 0 Å². The monoisotopic (exact) mass is 434 g/mol. The number of ether oxygens (including phenoxy) is 1. The van der Waals surface area contributed by atoms with E-state index in [1.807, 2.05) is 48.5 Å². The van der Waals surface area contributed by atoms with E-state index in [-0.39, 0.29) is 30.9 Å². The minimum absolute atomic E-state index is 0.0193.